The summed E-state index contributed by atoms with van der Waals surface area (Å²) in [5, 5.41) is 9.32. The molecule has 0 bridgehead atoms. The first-order chi connectivity index (χ1) is 10.1. The second-order valence-electron chi connectivity index (χ2n) is 4.35. The van der Waals surface area contributed by atoms with Crippen molar-refractivity contribution >= 4 is 51.9 Å². The Morgan fingerprint density at radius 1 is 1.38 bits per heavy atom. The van der Waals surface area contributed by atoms with Gasteiger partial charge < -0.3 is 5.11 Å². The summed E-state index contributed by atoms with van der Waals surface area (Å²) in [5.74, 6) is -0.155. The molecule has 0 unspecified atom stereocenters. The monoisotopic (exact) mass is 339 g/mol. The fourth-order valence-electron chi connectivity index (χ4n) is 1.80. The Morgan fingerprint density at radius 3 is 2.76 bits per heavy atom. The molecule has 1 saturated heterocycles. The third-order valence-corrected chi connectivity index (χ3v) is 4.38. The van der Waals surface area contributed by atoms with Crippen LogP contribution in [0.5, 0.6) is 0 Å². The molecule has 3 nitrogen and oxygen atoms in total. The van der Waals surface area contributed by atoms with E-state index in [9.17, 15) is 4.79 Å². The number of thiocarbonyl (C=S) groups is 1. The smallest absolute Gasteiger partial charge is 0.266 e. The summed E-state index contributed by atoms with van der Waals surface area (Å²) in [6.07, 6.45) is 3.93. The highest BCUT2D eigenvalue weighted by Crippen LogP contribution is 2.32. The maximum Gasteiger partial charge on any atom is 0.266 e. The molecule has 21 heavy (non-hydrogen) atoms. The van der Waals surface area contributed by atoms with Gasteiger partial charge in [-0.3, -0.25) is 9.69 Å². The van der Waals surface area contributed by atoms with Gasteiger partial charge in [0.25, 0.3) is 5.91 Å². The SMILES string of the molecule is O=C1/C(=C/C(Cl)=C/c2ccccc2)SC(=S)N1CCCO. The molecule has 1 heterocycles. The summed E-state index contributed by atoms with van der Waals surface area (Å²) in [6, 6.07) is 9.64. The van der Waals surface area contributed by atoms with Gasteiger partial charge in [0.05, 0.1) is 4.91 Å². The van der Waals surface area contributed by atoms with E-state index in [2.05, 4.69) is 0 Å². The topological polar surface area (TPSA) is 40.5 Å². The van der Waals surface area contributed by atoms with E-state index in [-0.39, 0.29) is 12.5 Å². The molecule has 1 amide bonds. The standard InChI is InChI=1S/C15H14ClNO2S2/c16-12(9-11-5-2-1-3-6-11)10-13-14(19)17(7-4-8-18)15(20)21-13/h1-3,5-6,9-10,18H,4,7-8H2/b12-9-,13-10-. The third kappa shape index (κ3) is 4.41. The van der Waals surface area contributed by atoms with Crippen LogP contribution in [0.1, 0.15) is 12.0 Å². The molecule has 1 aliphatic rings. The lowest BCUT2D eigenvalue weighted by molar-refractivity contribution is -0.122. The largest absolute Gasteiger partial charge is 0.396 e. The maximum absolute atomic E-state index is 12.2. The first kappa shape index (κ1) is 16.2. The predicted octanol–water partition coefficient (Wildman–Crippen LogP) is 3.39. The molecule has 0 spiro atoms. The number of hydrogen-bond acceptors (Lipinski definition) is 4. The molecule has 1 aromatic rings. The van der Waals surface area contributed by atoms with Crippen LogP contribution in [-0.4, -0.2) is 33.4 Å². The average molecular weight is 340 g/mol. The van der Waals surface area contributed by atoms with Gasteiger partial charge in [0.15, 0.2) is 0 Å². The molecule has 0 atom stereocenters. The van der Waals surface area contributed by atoms with E-state index < -0.39 is 0 Å². The minimum atomic E-state index is -0.155. The fraction of sp³-hybridized carbons (Fsp3) is 0.200. The summed E-state index contributed by atoms with van der Waals surface area (Å²) in [6.45, 7) is 0.462. The maximum atomic E-state index is 12.2. The van der Waals surface area contributed by atoms with Crippen molar-refractivity contribution in [2.75, 3.05) is 13.2 Å². The number of allylic oxidation sites excluding steroid dienone is 2. The lowest BCUT2D eigenvalue weighted by atomic mass is 10.2. The Kier molecular flexibility index (Phi) is 5.99. The fourth-order valence-corrected chi connectivity index (χ4v) is 3.40. The van der Waals surface area contributed by atoms with E-state index in [1.54, 1.807) is 12.2 Å². The van der Waals surface area contributed by atoms with Crippen molar-refractivity contribution in [3.8, 4) is 0 Å². The van der Waals surface area contributed by atoms with Crippen LogP contribution in [-0.2, 0) is 4.79 Å². The van der Waals surface area contributed by atoms with E-state index >= 15 is 0 Å². The zero-order valence-electron chi connectivity index (χ0n) is 11.2. The second-order valence-corrected chi connectivity index (χ2v) is 6.46. The van der Waals surface area contributed by atoms with Crippen molar-refractivity contribution in [3.63, 3.8) is 0 Å². The molecule has 1 N–H and O–H groups in total. The first-order valence-electron chi connectivity index (χ1n) is 6.40. The van der Waals surface area contributed by atoms with E-state index in [1.807, 2.05) is 30.3 Å². The predicted molar refractivity (Wildman–Crippen MR) is 92.0 cm³/mol. The lowest BCUT2D eigenvalue weighted by Gasteiger charge is -2.12. The summed E-state index contributed by atoms with van der Waals surface area (Å²) in [5.41, 5.74) is 0.967. The number of thioether (sulfide) groups is 1. The highest BCUT2D eigenvalue weighted by Gasteiger charge is 2.31. The van der Waals surface area contributed by atoms with Crippen LogP contribution in [0.15, 0.2) is 46.3 Å². The van der Waals surface area contributed by atoms with Gasteiger partial charge in [0.2, 0.25) is 0 Å². The van der Waals surface area contributed by atoms with Gasteiger partial charge in [-0.15, -0.1) is 0 Å². The number of aliphatic hydroxyl groups excluding tert-OH is 1. The molecule has 0 saturated carbocycles. The zero-order valence-corrected chi connectivity index (χ0v) is 13.5. The number of nitrogens with zero attached hydrogens (tertiary/aromatic N) is 1. The van der Waals surface area contributed by atoms with E-state index in [0.717, 1.165) is 5.56 Å². The number of benzene rings is 1. The van der Waals surface area contributed by atoms with Crippen molar-refractivity contribution < 1.29 is 9.90 Å². The molecular weight excluding hydrogens is 326 g/mol. The number of aliphatic hydroxyl groups is 1. The van der Waals surface area contributed by atoms with E-state index in [0.29, 0.717) is 27.2 Å². The minimum absolute atomic E-state index is 0.0325. The Hall–Kier alpha value is -1.14. The van der Waals surface area contributed by atoms with Crippen molar-refractivity contribution in [1.82, 2.24) is 4.90 Å². The van der Waals surface area contributed by atoms with Crippen molar-refractivity contribution in [1.29, 1.82) is 0 Å². The van der Waals surface area contributed by atoms with Crippen molar-refractivity contribution in [2.45, 2.75) is 6.42 Å². The molecular formula is C15H14ClNO2S2. The molecule has 1 aromatic carbocycles. The number of halogens is 1. The summed E-state index contributed by atoms with van der Waals surface area (Å²) in [7, 11) is 0. The van der Waals surface area contributed by atoms with Crippen LogP contribution < -0.4 is 0 Å². The molecule has 1 fully saturated rings. The molecule has 0 aliphatic carbocycles. The first-order valence-corrected chi connectivity index (χ1v) is 8.00. The molecule has 110 valence electrons. The van der Waals surface area contributed by atoms with Gasteiger partial charge in [-0.1, -0.05) is 65.9 Å². The zero-order chi connectivity index (χ0) is 15.2. The van der Waals surface area contributed by atoms with Crippen LogP contribution in [0.4, 0.5) is 0 Å². The minimum Gasteiger partial charge on any atom is -0.396 e. The van der Waals surface area contributed by atoms with Gasteiger partial charge in [0.1, 0.15) is 4.32 Å². The van der Waals surface area contributed by atoms with Gasteiger partial charge in [0, 0.05) is 18.2 Å². The van der Waals surface area contributed by atoms with Crippen molar-refractivity contribution in [3.05, 3.63) is 51.9 Å². The summed E-state index contributed by atoms with van der Waals surface area (Å²) in [4.78, 5) is 14.2. The van der Waals surface area contributed by atoms with Crippen LogP contribution in [0.25, 0.3) is 6.08 Å². The van der Waals surface area contributed by atoms with Crippen LogP contribution >= 0.6 is 35.6 Å². The Balaban J connectivity index is 2.13. The molecule has 2 rings (SSSR count). The van der Waals surface area contributed by atoms with Crippen molar-refractivity contribution in [2.24, 2.45) is 0 Å². The van der Waals surface area contributed by atoms with Gasteiger partial charge in [-0.05, 0) is 24.1 Å². The van der Waals surface area contributed by atoms with E-state index in [4.69, 9.17) is 28.9 Å². The molecule has 0 radical (unpaired) electrons. The average Bonchev–Trinajstić information content (AvgIpc) is 2.72. The number of carbonyl (C=O) groups is 1. The number of carbonyl (C=O) groups excluding carboxylic acids is 1. The van der Waals surface area contributed by atoms with Gasteiger partial charge in [-0.2, -0.15) is 0 Å². The number of rotatable bonds is 5. The quantitative estimate of drug-likeness (QED) is 0.659. The highest BCUT2D eigenvalue weighted by atomic mass is 35.5. The molecule has 0 aromatic heterocycles. The number of amides is 1. The van der Waals surface area contributed by atoms with Crippen LogP contribution in [0.2, 0.25) is 0 Å². The van der Waals surface area contributed by atoms with Gasteiger partial charge >= 0.3 is 0 Å². The van der Waals surface area contributed by atoms with E-state index in [1.165, 1.54) is 16.7 Å². The molecule has 6 heteroatoms. The van der Waals surface area contributed by atoms with Crippen LogP contribution in [0.3, 0.4) is 0 Å². The van der Waals surface area contributed by atoms with Crippen LogP contribution in [0, 0.1) is 0 Å². The summed E-state index contributed by atoms with van der Waals surface area (Å²) >= 11 is 12.6. The normalized spacial score (nSPS) is 17.9. The lowest BCUT2D eigenvalue weighted by Crippen LogP contribution is -2.29. The summed E-state index contributed by atoms with van der Waals surface area (Å²) < 4.78 is 0.504. The number of hydrogen-bond donors (Lipinski definition) is 1. The Morgan fingerprint density at radius 2 is 2.10 bits per heavy atom. The highest BCUT2D eigenvalue weighted by molar-refractivity contribution is 8.26. The second kappa shape index (κ2) is 7.75. The van der Waals surface area contributed by atoms with Gasteiger partial charge in [-0.25, -0.2) is 0 Å². The molecule has 1 aliphatic heterocycles. The Bertz CT molecular complexity index is 599. The Labute approximate surface area is 138 Å². The third-order valence-electron chi connectivity index (χ3n) is 2.79.